The first-order valence-electron chi connectivity index (χ1n) is 5.73. The molecule has 0 aromatic heterocycles. The smallest absolute Gasteiger partial charge is 0.128 e. The number of allylic oxidation sites excluding steroid dienone is 1. The summed E-state index contributed by atoms with van der Waals surface area (Å²) in [6, 6.07) is 7.29. The highest BCUT2D eigenvalue weighted by Gasteiger charge is 2.09. The van der Waals surface area contributed by atoms with Crippen LogP contribution in [0.4, 0.5) is 0 Å². The third-order valence-corrected chi connectivity index (χ3v) is 2.27. The third kappa shape index (κ3) is 3.70. The molecule has 0 bridgehead atoms. The summed E-state index contributed by atoms with van der Waals surface area (Å²) in [4.78, 5) is 0. The van der Waals surface area contributed by atoms with E-state index in [-0.39, 0.29) is 0 Å². The lowest BCUT2D eigenvalue weighted by atomic mass is 10.1. The Morgan fingerprint density at radius 3 is 2.28 bits per heavy atom. The van der Waals surface area contributed by atoms with Gasteiger partial charge in [0.25, 0.3) is 0 Å². The number of methoxy groups -OCH3 is 2. The van der Waals surface area contributed by atoms with Gasteiger partial charge in [0.2, 0.25) is 0 Å². The molecule has 0 spiro atoms. The van der Waals surface area contributed by atoms with Gasteiger partial charge in [0.05, 0.1) is 31.6 Å². The molecule has 0 aliphatic heterocycles. The fourth-order valence-corrected chi connectivity index (χ4v) is 1.29. The molecule has 0 amide bonds. The van der Waals surface area contributed by atoms with Crippen molar-refractivity contribution in [2.45, 2.75) is 20.8 Å². The topological polar surface area (TPSA) is 68.3 Å². The van der Waals surface area contributed by atoms with Gasteiger partial charge in [-0.1, -0.05) is 13.8 Å². The lowest BCUT2D eigenvalue weighted by Gasteiger charge is -2.11. The molecule has 0 saturated carbocycles. The first-order valence-corrected chi connectivity index (χ1v) is 5.73. The Bertz CT molecular complexity index is 459. The van der Waals surface area contributed by atoms with Gasteiger partial charge in [0.15, 0.2) is 0 Å². The molecule has 0 aliphatic rings. The number of benzene rings is 1. The van der Waals surface area contributed by atoms with E-state index in [2.05, 4.69) is 0 Å². The minimum absolute atomic E-state index is 0.401. The summed E-state index contributed by atoms with van der Waals surface area (Å²) in [7, 11) is 3.13. The first kappa shape index (κ1) is 15.9. The lowest BCUT2D eigenvalue weighted by Crippen LogP contribution is -2.02. The maximum Gasteiger partial charge on any atom is 0.128 e. The average molecular weight is 248 g/mol. The molecule has 4 heteroatoms. The number of ether oxygens (including phenoxy) is 2. The van der Waals surface area contributed by atoms with Crippen LogP contribution in [0.5, 0.6) is 11.5 Å². The van der Waals surface area contributed by atoms with Crippen LogP contribution in [-0.2, 0) is 0 Å². The van der Waals surface area contributed by atoms with Crippen LogP contribution >= 0.6 is 0 Å². The maximum absolute atomic E-state index is 8.80. The Kier molecular flexibility index (Phi) is 7.06. The number of hydrogen-bond donors (Lipinski definition) is 1. The van der Waals surface area contributed by atoms with Gasteiger partial charge in [-0.15, -0.1) is 0 Å². The molecule has 18 heavy (non-hydrogen) atoms. The number of hydrogen-bond acceptors (Lipinski definition) is 4. The summed E-state index contributed by atoms with van der Waals surface area (Å²) in [5.41, 5.74) is 7.39. The van der Waals surface area contributed by atoms with Gasteiger partial charge in [-0.05, 0) is 25.1 Å². The molecule has 4 nitrogen and oxygen atoms in total. The minimum Gasteiger partial charge on any atom is -0.497 e. The highest BCUT2D eigenvalue weighted by Crippen LogP contribution is 2.28. The summed E-state index contributed by atoms with van der Waals surface area (Å²) in [6.45, 7) is 5.66. The predicted octanol–water partition coefficient (Wildman–Crippen LogP) is 2.94. The van der Waals surface area contributed by atoms with E-state index in [1.807, 2.05) is 19.9 Å². The molecule has 0 radical (unpaired) electrons. The van der Waals surface area contributed by atoms with Gasteiger partial charge in [0, 0.05) is 5.56 Å². The Morgan fingerprint density at radius 1 is 1.22 bits per heavy atom. The van der Waals surface area contributed by atoms with E-state index in [9.17, 15) is 0 Å². The van der Waals surface area contributed by atoms with Gasteiger partial charge in [-0.3, -0.25) is 0 Å². The predicted molar refractivity (Wildman–Crippen MR) is 73.3 cm³/mol. The Hall–Kier alpha value is -2.15. The monoisotopic (exact) mass is 248 g/mol. The number of rotatable bonds is 3. The number of nitrogens with zero attached hydrogens (tertiary/aromatic N) is 1. The Balaban J connectivity index is 0.00000137. The zero-order valence-corrected chi connectivity index (χ0v) is 11.6. The van der Waals surface area contributed by atoms with Crippen molar-refractivity contribution in [3.8, 4) is 17.6 Å². The van der Waals surface area contributed by atoms with Crippen molar-refractivity contribution in [3.05, 3.63) is 29.3 Å². The fraction of sp³-hybridized carbons (Fsp3) is 0.357. The first-order chi connectivity index (χ1) is 8.63. The van der Waals surface area contributed by atoms with E-state index in [1.54, 1.807) is 39.3 Å². The lowest BCUT2D eigenvalue weighted by molar-refractivity contribution is 0.402. The van der Waals surface area contributed by atoms with E-state index in [0.717, 1.165) is 0 Å². The second-order valence-electron chi connectivity index (χ2n) is 3.22. The van der Waals surface area contributed by atoms with Crippen LogP contribution < -0.4 is 15.2 Å². The molecule has 1 aromatic carbocycles. The highest BCUT2D eigenvalue weighted by atomic mass is 16.5. The summed E-state index contributed by atoms with van der Waals surface area (Å²) in [6.07, 6.45) is 0. The Morgan fingerprint density at radius 2 is 1.83 bits per heavy atom. The molecule has 0 aliphatic carbocycles. The Labute approximate surface area is 109 Å². The second kappa shape index (κ2) is 8.02. The quantitative estimate of drug-likeness (QED) is 0.835. The van der Waals surface area contributed by atoms with Crippen molar-refractivity contribution in [3.63, 3.8) is 0 Å². The average Bonchev–Trinajstić information content (AvgIpc) is 2.46. The molecular formula is C14H20N2O2. The molecular weight excluding hydrogens is 228 g/mol. The molecule has 2 N–H and O–H groups in total. The second-order valence-corrected chi connectivity index (χ2v) is 3.22. The summed E-state index contributed by atoms with van der Waals surface area (Å²) in [5, 5.41) is 8.80. The number of nitriles is 1. The molecule has 1 aromatic rings. The highest BCUT2D eigenvalue weighted by molar-refractivity contribution is 5.73. The molecule has 0 saturated heterocycles. The van der Waals surface area contributed by atoms with Gasteiger partial charge >= 0.3 is 0 Å². The van der Waals surface area contributed by atoms with Gasteiger partial charge < -0.3 is 15.2 Å². The van der Waals surface area contributed by atoms with Crippen molar-refractivity contribution < 1.29 is 9.47 Å². The normalized spacial score (nSPS) is 10.4. The van der Waals surface area contributed by atoms with Crippen LogP contribution in [0.2, 0.25) is 0 Å². The summed E-state index contributed by atoms with van der Waals surface area (Å²) >= 11 is 0. The van der Waals surface area contributed by atoms with Crippen LogP contribution in [0.15, 0.2) is 23.8 Å². The van der Waals surface area contributed by atoms with Crippen molar-refractivity contribution in [2.24, 2.45) is 5.73 Å². The molecule has 0 unspecified atom stereocenters. The van der Waals surface area contributed by atoms with Gasteiger partial charge in [0.1, 0.15) is 11.5 Å². The molecule has 1 rings (SSSR count). The maximum atomic E-state index is 8.80. The van der Waals surface area contributed by atoms with Gasteiger partial charge in [-0.2, -0.15) is 5.26 Å². The van der Waals surface area contributed by atoms with Crippen LogP contribution in [0.25, 0.3) is 5.70 Å². The fourth-order valence-electron chi connectivity index (χ4n) is 1.29. The zero-order chi connectivity index (χ0) is 14.1. The molecule has 98 valence electrons. The summed E-state index contributed by atoms with van der Waals surface area (Å²) in [5.74, 6) is 1.29. The standard InChI is InChI=1S/C12H14N2O2.C2H6/c1-8(7-13)12(14)10-6-9(15-2)4-5-11(10)16-3;1-2/h4-6H,14H2,1-3H3;1-2H3/b12-8+;. The minimum atomic E-state index is 0.401. The van der Waals surface area contributed by atoms with E-state index in [1.165, 1.54) is 0 Å². The SMILES string of the molecule is CC.COc1ccc(OC)c(/C(N)=C(/C)C#N)c1. The van der Waals surface area contributed by atoms with E-state index in [0.29, 0.717) is 28.3 Å². The van der Waals surface area contributed by atoms with E-state index >= 15 is 0 Å². The largest absolute Gasteiger partial charge is 0.497 e. The number of nitrogens with two attached hydrogens (primary N) is 1. The molecule has 0 fully saturated rings. The van der Waals surface area contributed by atoms with Crippen molar-refractivity contribution in [1.82, 2.24) is 0 Å². The van der Waals surface area contributed by atoms with Crippen LogP contribution in [0.1, 0.15) is 26.3 Å². The summed E-state index contributed by atoms with van der Waals surface area (Å²) < 4.78 is 10.3. The molecule has 0 atom stereocenters. The van der Waals surface area contributed by atoms with Crippen LogP contribution in [0.3, 0.4) is 0 Å². The van der Waals surface area contributed by atoms with Crippen molar-refractivity contribution >= 4 is 5.70 Å². The molecule has 0 heterocycles. The van der Waals surface area contributed by atoms with Gasteiger partial charge in [-0.25, -0.2) is 0 Å². The van der Waals surface area contributed by atoms with Crippen LogP contribution in [-0.4, -0.2) is 14.2 Å². The van der Waals surface area contributed by atoms with Crippen LogP contribution in [0, 0.1) is 11.3 Å². The zero-order valence-electron chi connectivity index (χ0n) is 11.6. The van der Waals surface area contributed by atoms with E-state index in [4.69, 9.17) is 20.5 Å². The van der Waals surface area contributed by atoms with Crippen molar-refractivity contribution in [1.29, 1.82) is 5.26 Å². The van der Waals surface area contributed by atoms with Crippen molar-refractivity contribution in [2.75, 3.05) is 14.2 Å². The van der Waals surface area contributed by atoms with E-state index < -0.39 is 0 Å². The third-order valence-electron chi connectivity index (χ3n) is 2.27.